The Kier molecular flexibility index (Phi) is 8.40. The third-order valence-corrected chi connectivity index (χ3v) is 8.64. The summed E-state index contributed by atoms with van der Waals surface area (Å²) in [5.74, 6) is -0.500. The van der Waals surface area contributed by atoms with Crippen LogP contribution in [0.1, 0.15) is 15.9 Å². The molecule has 0 spiro atoms. The Morgan fingerprint density at radius 1 is 0.872 bits per heavy atom. The van der Waals surface area contributed by atoms with E-state index in [1.807, 2.05) is 0 Å². The second-order valence-corrected chi connectivity index (χ2v) is 12.6. The van der Waals surface area contributed by atoms with Gasteiger partial charge in [-0.2, -0.15) is 0 Å². The number of anilines is 3. The zero-order chi connectivity index (χ0) is 28.2. The molecule has 1 heterocycles. The molecule has 10 nitrogen and oxygen atoms in total. The summed E-state index contributed by atoms with van der Waals surface area (Å²) in [4.78, 5) is 20.4. The van der Waals surface area contributed by atoms with E-state index in [1.165, 1.54) is 36.7 Å². The van der Waals surface area contributed by atoms with Gasteiger partial charge in [-0.1, -0.05) is 41.4 Å². The van der Waals surface area contributed by atoms with Crippen LogP contribution in [0.25, 0.3) is 0 Å². The van der Waals surface area contributed by atoms with E-state index >= 15 is 0 Å². The minimum absolute atomic E-state index is 0.0290. The fourth-order valence-electron chi connectivity index (χ4n) is 3.45. The molecule has 0 aliphatic heterocycles. The van der Waals surface area contributed by atoms with Crippen LogP contribution in [0.4, 0.5) is 17.3 Å². The molecule has 0 radical (unpaired) electrons. The number of hydrogen-bond acceptors (Lipinski definition) is 7. The van der Waals surface area contributed by atoms with Crippen LogP contribution < -0.4 is 14.3 Å². The third kappa shape index (κ3) is 7.03. The molecule has 0 aliphatic carbocycles. The van der Waals surface area contributed by atoms with Crippen LogP contribution in [0.2, 0.25) is 10.0 Å². The molecule has 202 valence electrons. The molecule has 3 aromatic carbocycles. The maximum atomic E-state index is 12.7. The van der Waals surface area contributed by atoms with Gasteiger partial charge in [0.1, 0.15) is 0 Å². The van der Waals surface area contributed by atoms with E-state index in [0.717, 1.165) is 10.6 Å². The number of benzene rings is 3. The van der Waals surface area contributed by atoms with Crippen LogP contribution in [0.5, 0.6) is 0 Å². The molecule has 1 amide bonds. The van der Waals surface area contributed by atoms with Gasteiger partial charge in [0, 0.05) is 23.6 Å². The van der Waals surface area contributed by atoms with E-state index < -0.39 is 26.0 Å². The minimum Gasteiger partial charge on any atom is -0.322 e. The van der Waals surface area contributed by atoms with Crippen LogP contribution in [0.3, 0.4) is 0 Å². The molecule has 0 saturated carbocycles. The first kappa shape index (κ1) is 28.3. The molecule has 0 atom stereocenters. The standard InChI is InChI=1S/C25H21Cl2N5O5S2/c1-38(34,35)32(22-5-2-4-21(26)23(22)27)16-17-6-8-18(9-7-17)24(33)30-19-10-12-20(13-11-19)39(36,37)31-25-28-14-3-15-29-25/h2-15H,16H2,1H3,(H,30,33)(H,28,29,31). The van der Waals surface area contributed by atoms with Crippen molar-refractivity contribution in [3.8, 4) is 0 Å². The molecule has 4 rings (SSSR count). The number of hydrogen-bond donors (Lipinski definition) is 2. The highest BCUT2D eigenvalue weighted by atomic mass is 35.5. The second-order valence-electron chi connectivity index (χ2n) is 8.20. The Morgan fingerprint density at radius 2 is 1.51 bits per heavy atom. The molecule has 2 N–H and O–H groups in total. The lowest BCUT2D eigenvalue weighted by molar-refractivity contribution is 0.102. The van der Waals surface area contributed by atoms with Crippen LogP contribution in [0.15, 0.2) is 90.1 Å². The molecule has 0 unspecified atom stereocenters. The monoisotopic (exact) mass is 605 g/mol. The van der Waals surface area contributed by atoms with Crippen molar-refractivity contribution in [3.05, 3.63) is 106 Å². The van der Waals surface area contributed by atoms with E-state index in [-0.39, 0.29) is 33.1 Å². The summed E-state index contributed by atoms with van der Waals surface area (Å²) < 4.78 is 53.4. The number of aromatic nitrogens is 2. The van der Waals surface area contributed by atoms with E-state index in [9.17, 15) is 21.6 Å². The lowest BCUT2D eigenvalue weighted by atomic mass is 10.1. The van der Waals surface area contributed by atoms with Gasteiger partial charge in [0.05, 0.1) is 33.4 Å². The van der Waals surface area contributed by atoms with E-state index in [1.54, 1.807) is 48.5 Å². The van der Waals surface area contributed by atoms with Gasteiger partial charge in [0.25, 0.3) is 15.9 Å². The molecule has 0 aliphatic rings. The van der Waals surface area contributed by atoms with Crippen molar-refractivity contribution in [2.24, 2.45) is 0 Å². The van der Waals surface area contributed by atoms with Crippen molar-refractivity contribution >= 4 is 66.5 Å². The predicted molar refractivity (Wildman–Crippen MR) is 151 cm³/mol. The smallest absolute Gasteiger partial charge is 0.264 e. The van der Waals surface area contributed by atoms with Gasteiger partial charge in [-0.25, -0.2) is 31.5 Å². The molecule has 4 aromatic rings. The van der Waals surface area contributed by atoms with Crippen LogP contribution >= 0.6 is 23.2 Å². The second kappa shape index (κ2) is 11.6. The van der Waals surface area contributed by atoms with E-state index in [2.05, 4.69) is 20.0 Å². The molecule has 0 fully saturated rings. The largest absolute Gasteiger partial charge is 0.322 e. The maximum absolute atomic E-state index is 12.7. The fourth-order valence-corrected chi connectivity index (χ4v) is 5.74. The van der Waals surface area contributed by atoms with E-state index in [4.69, 9.17) is 23.2 Å². The maximum Gasteiger partial charge on any atom is 0.264 e. The normalized spacial score (nSPS) is 11.6. The van der Waals surface area contributed by atoms with Crippen molar-refractivity contribution in [3.63, 3.8) is 0 Å². The number of nitrogens with one attached hydrogen (secondary N) is 2. The lowest BCUT2D eigenvalue weighted by Crippen LogP contribution is -2.29. The molecular formula is C25H21Cl2N5O5S2. The summed E-state index contributed by atoms with van der Waals surface area (Å²) in [6.45, 7) is -0.0290. The van der Waals surface area contributed by atoms with Gasteiger partial charge in [-0.15, -0.1) is 0 Å². The van der Waals surface area contributed by atoms with Crippen molar-refractivity contribution < 1.29 is 21.6 Å². The van der Waals surface area contributed by atoms with Gasteiger partial charge in [-0.05, 0) is 60.2 Å². The Bertz CT molecular complexity index is 1700. The third-order valence-electron chi connectivity index (χ3n) is 5.36. The topological polar surface area (TPSA) is 138 Å². The van der Waals surface area contributed by atoms with Gasteiger partial charge < -0.3 is 5.32 Å². The number of carbonyl (C=O) groups is 1. The van der Waals surface area contributed by atoms with Gasteiger partial charge >= 0.3 is 0 Å². The Hall–Kier alpha value is -3.71. The quantitative estimate of drug-likeness (QED) is 0.279. The molecule has 1 aromatic heterocycles. The van der Waals surface area contributed by atoms with Gasteiger partial charge in [0.2, 0.25) is 16.0 Å². The Morgan fingerprint density at radius 3 is 2.13 bits per heavy atom. The summed E-state index contributed by atoms with van der Waals surface area (Å²) in [5.41, 5.74) is 1.53. The average molecular weight is 607 g/mol. The van der Waals surface area contributed by atoms with E-state index in [0.29, 0.717) is 16.8 Å². The Balaban J connectivity index is 1.44. The highest BCUT2D eigenvalue weighted by molar-refractivity contribution is 7.92. The van der Waals surface area contributed by atoms with Crippen molar-refractivity contribution in [2.75, 3.05) is 20.6 Å². The van der Waals surface area contributed by atoms with Crippen molar-refractivity contribution in [1.29, 1.82) is 0 Å². The summed E-state index contributed by atoms with van der Waals surface area (Å²) >= 11 is 12.3. The van der Waals surface area contributed by atoms with Gasteiger partial charge in [0.15, 0.2) is 0 Å². The molecular weight excluding hydrogens is 585 g/mol. The summed E-state index contributed by atoms with van der Waals surface area (Å²) in [6.07, 6.45) is 3.88. The summed E-state index contributed by atoms with van der Waals surface area (Å²) in [6, 6.07) is 18.2. The molecule has 0 saturated heterocycles. The SMILES string of the molecule is CS(=O)(=O)N(Cc1ccc(C(=O)Nc2ccc(S(=O)(=O)Nc3ncccn3)cc2)cc1)c1cccc(Cl)c1Cl. The molecule has 14 heteroatoms. The summed E-state index contributed by atoms with van der Waals surface area (Å²) in [5, 5.41) is 3.03. The first-order valence-corrected chi connectivity index (χ1v) is 15.2. The average Bonchev–Trinajstić information content (AvgIpc) is 2.89. The van der Waals surface area contributed by atoms with Crippen LogP contribution in [0, 0.1) is 0 Å². The number of amides is 1. The van der Waals surface area contributed by atoms with Crippen molar-refractivity contribution in [2.45, 2.75) is 11.4 Å². The van der Waals surface area contributed by atoms with Crippen LogP contribution in [-0.2, 0) is 26.6 Å². The zero-order valence-corrected chi connectivity index (χ0v) is 23.4. The van der Waals surface area contributed by atoms with Gasteiger partial charge in [-0.3, -0.25) is 9.10 Å². The number of halogens is 2. The highest BCUT2D eigenvalue weighted by Crippen LogP contribution is 2.34. The Labute approximate surface area is 235 Å². The molecule has 39 heavy (non-hydrogen) atoms. The zero-order valence-electron chi connectivity index (χ0n) is 20.2. The first-order valence-electron chi connectivity index (χ1n) is 11.2. The van der Waals surface area contributed by atoms with Crippen molar-refractivity contribution in [1.82, 2.24) is 9.97 Å². The first-order chi connectivity index (χ1) is 18.4. The molecule has 0 bridgehead atoms. The number of rotatable bonds is 9. The lowest BCUT2D eigenvalue weighted by Gasteiger charge is -2.24. The highest BCUT2D eigenvalue weighted by Gasteiger charge is 2.22. The fraction of sp³-hybridized carbons (Fsp3) is 0.0800. The van der Waals surface area contributed by atoms with Crippen LogP contribution in [-0.4, -0.2) is 39.0 Å². The number of nitrogens with zero attached hydrogens (tertiary/aromatic N) is 3. The number of carbonyl (C=O) groups excluding carboxylic acids is 1. The summed E-state index contributed by atoms with van der Waals surface area (Å²) in [7, 11) is -7.61. The number of sulfonamides is 2. The minimum atomic E-state index is -3.91. The predicted octanol–water partition coefficient (Wildman–Crippen LogP) is 4.80.